The number of hydrogen-bond acceptors (Lipinski definition) is 5. The number of carbonyl (C=O) groups is 1. The van der Waals surface area contributed by atoms with Crippen molar-refractivity contribution in [1.29, 1.82) is 0 Å². The maximum atomic E-state index is 13.7. The summed E-state index contributed by atoms with van der Waals surface area (Å²) in [5, 5.41) is 6.65. The summed E-state index contributed by atoms with van der Waals surface area (Å²) in [7, 11) is 3.90. The van der Waals surface area contributed by atoms with E-state index in [2.05, 4.69) is 15.3 Å². The van der Waals surface area contributed by atoms with Crippen LogP contribution in [0.3, 0.4) is 0 Å². The highest BCUT2D eigenvalue weighted by molar-refractivity contribution is 6.28. The monoisotopic (exact) mass is 277 g/mol. The van der Waals surface area contributed by atoms with Crippen LogP contribution in [0.25, 0.3) is 0 Å². The van der Waals surface area contributed by atoms with Gasteiger partial charge in [-0.1, -0.05) is 17.3 Å². The summed E-state index contributed by atoms with van der Waals surface area (Å²) >= 11 is 0. The van der Waals surface area contributed by atoms with Gasteiger partial charge in [0.2, 0.25) is 0 Å². The van der Waals surface area contributed by atoms with Gasteiger partial charge in [-0.2, -0.15) is 0 Å². The number of nitrogens with zero attached hydrogens (tertiary/aromatic N) is 2. The smallest absolute Gasteiger partial charge is 0.369 e. The van der Waals surface area contributed by atoms with Crippen molar-refractivity contribution in [1.82, 2.24) is 10.2 Å². The molecule has 0 radical (unpaired) electrons. The van der Waals surface area contributed by atoms with Crippen LogP contribution in [0.2, 0.25) is 0 Å². The molecule has 6 heteroatoms. The summed E-state index contributed by atoms with van der Waals surface area (Å²) in [4.78, 5) is 18.3. The van der Waals surface area contributed by atoms with Gasteiger partial charge in [0.05, 0.1) is 0 Å². The molecule has 0 unspecified atom stereocenters. The average Bonchev–Trinajstić information content (AvgIpc) is 2.76. The Morgan fingerprint density at radius 1 is 1.40 bits per heavy atom. The Morgan fingerprint density at radius 3 is 2.85 bits per heavy atom. The second-order valence-electron chi connectivity index (χ2n) is 4.61. The molecule has 2 rings (SSSR count). The normalized spacial score (nSPS) is 16.5. The summed E-state index contributed by atoms with van der Waals surface area (Å²) in [6, 6.07) is 6.14. The van der Waals surface area contributed by atoms with Crippen molar-refractivity contribution in [2.45, 2.75) is 0 Å². The molecule has 1 aromatic rings. The molecule has 0 aromatic heterocycles. The highest BCUT2D eigenvalue weighted by Crippen LogP contribution is 2.19. The lowest BCUT2D eigenvalue weighted by Crippen LogP contribution is -2.24. The molecule has 1 heterocycles. The molecule has 0 atom stereocenters. The van der Waals surface area contributed by atoms with Gasteiger partial charge in [0.1, 0.15) is 17.1 Å². The summed E-state index contributed by atoms with van der Waals surface area (Å²) in [5.74, 6) is -1.02. The third-order valence-electron chi connectivity index (χ3n) is 2.77. The van der Waals surface area contributed by atoms with E-state index in [1.807, 2.05) is 19.0 Å². The number of halogens is 1. The first kappa shape index (κ1) is 14.2. The molecule has 1 aliphatic rings. The fraction of sp³-hybridized carbons (Fsp3) is 0.286. The van der Waals surface area contributed by atoms with E-state index >= 15 is 0 Å². The molecule has 0 spiro atoms. The van der Waals surface area contributed by atoms with Crippen molar-refractivity contribution in [3.05, 3.63) is 47.4 Å². The molecular formula is C14H16FN3O2. The fourth-order valence-corrected chi connectivity index (χ4v) is 1.72. The van der Waals surface area contributed by atoms with E-state index in [-0.39, 0.29) is 16.8 Å². The minimum absolute atomic E-state index is 0.213. The molecule has 1 N–H and O–H groups in total. The zero-order chi connectivity index (χ0) is 14.5. The highest BCUT2D eigenvalue weighted by Gasteiger charge is 2.28. The summed E-state index contributed by atoms with van der Waals surface area (Å²) in [6.07, 6.45) is 1.52. The quantitative estimate of drug-likeness (QED) is 0.498. The van der Waals surface area contributed by atoms with Crippen LogP contribution in [0.1, 0.15) is 5.56 Å². The first-order valence-electron chi connectivity index (χ1n) is 6.22. The predicted molar refractivity (Wildman–Crippen MR) is 73.7 cm³/mol. The van der Waals surface area contributed by atoms with Crippen LogP contribution in [0.5, 0.6) is 0 Å². The van der Waals surface area contributed by atoms with E-state index in [0.29, 0.717) is 6.54 Å². The van der Waals surface area contributed by atoms with Gasteiger partial charge in [-0.15, -0.1) is 0 Å². The number of likely N-dealkylation sites (N-methyl/N-ethyl adjacent to an activating group) is 1. The second-order valence-corrected chi connectivity index (χ2v) is 4.61. The number of oxime groups is 1. The van der Waals surface area contributed by atoms with E-state index in [9.17, 15) is 9.18 Å². The van der Waals surface area contributed by atoms with Crippen molar-refractivity contribution in [2.24, 2.45) is 5.16 Å². The number of hydrogen-bond donors (Lipinski definition) is 1. The van der Waals surface area contributed by atoms with Gasteiger partial charge < -0.3 is 15.1 Å². The van der Waals surface area contributed by atoms with Gasteiger partial charge in [-0.05, 0) is 26.2 Å². The first-order valence-corrected chi connectivity index (χ1v) is 6.22. The lowest BCUT2D eigenvalue weighted by Gasteiger charge is -2.09. The van der Waals surface area contributed by atoms with Crippen LogP contribution in [-0.4, -0.2) is 43.8 Å². The minimum atomic E-state index is -0.583. The molecule has 0 saturated heterocycles. The highest BCUT2D eigenvalue weighted by atomic mass is 19.1. The van der Waals surface area contributed by atoms with Gasteiger partial charge in [0.25, 0.3) is 0 Å². The van der Waals surface area contributed by atoms with Crippen LogP contribution in [-0.2, 0) is 9.63 Å². The Bertz CT molecular complexity index is 567. The Morgan fingerprint density at radius 2 is 2.15 bits per heavy atom. The molecule has 20 heavy (non-hydrogen) atoms. The largest absolute Gasteiger partial charge is 0.389 e. The summed E-state index contributed by atoms with van der Waals surface area (Å²) < 4.78 is 13.7. The van der Waals surface area contributed by atoms with Crippen LogP contribution in [0, 0.1) is 5.82 Å². The Balaban J connectivity index is 2.15. The van der Waals surface area contributed by atoms with Crippen molar-refractivity contribution in [3.63, 3.8) is 0 Å². The number of benzene rings is 1. The maximum Gasteiger partial charge on any atom is 0.369 e. The van der Waals surface area contributed by atoms with Gasteiger partial charge in [-0.25, -0.2) is 9.18 Å². The van der Waals surface area contributed by atoms with Crippen molar-refractivity contribution in [3.8, 4) is 0 Å². The van der Waals surface area contributed by atoms with Gasteiger partial charge in [0, 0.05) is 24.9 Å². The van der Waals surface area contributed by atoms with Gasteiger partial charge in [0.15, 0.2) is 0 Å². The minimum Gasteiger partial charge on any atom is -0.389 e. The third-order valence-corrected chi connectivity index (χ3v) is 2.77. The average molecular weight is 277 g/mol. The predicted octanol–water partition coefficient (Wildman–Crippen LogP) is 1.12. The first-order chi connectivity index (χ1) is 9.59. The molecule has 0 fully saturated rings. The number of rotatable bonds is 5. The van der Waals surface area contributed by atoms with Crippen LogP contribution in [0.15, 0.2) is 41.2 Å². The second kappa shape index (κ2) is 6.29. The standard InChI is InChI=1S/C14H16FN3O2/c1-18(2)8-7-16-9-11-13(17-20-14(11)19)10-5-3-4-6-12(10)15/h3-6,9,16H,7-8H2,1-2H3/b11-9-. The molecular weight excluding hydrogens is 261 g/mol. The van der Waals surface area contributed by atoms with E-state index < -0.39 is 11.8 Å². The third kappa shape index (κ3) is 3.21. The molecule has 5 nitrogen and oxygen atoms in total. The molecule has 0 amide bonds. The summed E-state index contributed by atoms with van der Waals surface area (Å²) in [6.45, 7) is 1.47. The summed E-state index contributed by atoms with van der Waals surface area (Å²) in [5.41, 5.74) is 0.693. The fourth-order valence-electron chi connectivity index (χ4n) is 1.72. The van der Waals surface area contributed by atoms with Crippen molar-refractivity contribution >= 4 is 11.7 Å². The van der Waals surface area contributed by atoms with E-state index in [1.165, 1.54) is 12.3 Å². The topological polar surface area (TPSA) is 53.9 Å². The zero-order valence-corrected chi connectivity index (χ0v) is 11.4. The molecule has 1 aromatic carbocycles. The van der Waals surface area contributed by atoms with Gasteiger partial charge >= 0.3 is 5.97 Å². The molecule has 106 valence electrons. The number of carbonyl (C=O) groups excluding carboxylic acids is 1. The molecule has 0 bridgehead atoms. The van der Waals surface area contributed by atoms with E-state index in [4.69, 9.17) is 0 Å². The molecule has 0 saturated carbocycles. The van der Waals surface area contributed by atoms with E-state index in [1.54, 1.807) is 18.2 Å². The number of nitrogens with one attached hydrogen (secondary N) is 1. The Labute approximate surface area is 116 Å². The van der Waals surface area contributed by atoms with E-state index in [0.717, 1.165) is 6.54 Å². The van der Waals surface area contributed by atoms with Crippen molar-refractivity contribution < 1.29 is 14.0 Å². The Kier molecular flexibility index (Phi) is 4.47. The van der Waals surface area contributed by atoms with Crippen LogP contribution < -0.4 is 5.32 Å². The van der Waals surface area contributed by atoms with Crippen LogP contribution >= 0.6 is 0 Å². The maximum absolute atomic E-state index is 13.7. The van der Waals surface area contributed by atoms with Crippen LogP contribution in [0.4, 0.5) is 4.39 Å². The molecule has 0 aliphatic carbocycles. The zero-order valence-electron chi connectivity index (χ0n) is 11.4. The lowest BCUT2D eigenvalue weighted by atomic mass is 10.0. The molecule has 1 aliphatic heterocycles. The lowest BCUT2D eigenvalue weighted by molar-refractivity contribution is -0.136. The van der Waals surface area contributed by atoms with Crippen molar-refractivity contribution in [2.75, 3.05) is 27.2 Å². The van der Waals surface area contributed by atoms with Gasteiger partial charge in [-0.3, -0.25) is 0 Å². The Hall–Kier alpha value is -2.21. The SMILES string of the molecule is CN(C)CCN/C=C1\C(=O)ON=C1c1ccccc1F.